The average molecular weight is 408 g/mol. The number of hydrogen-bond donors (Lipinski definition) is 0. The van der Waals surface area contributed by atoms with E-state index in [1.807, 2.05) is 0 Å². The van der Waals surface area contributed by atoms with Crippen LogP contribution in [0.5, 0.6) is 0 Å². The van der Waals surface area contributed by atoms with Crippen molar-refractivity contribution in [2.45, 2.75) is 25.2 Å². The van der Waals surface area contributed by atoms with Gasteiger partial charge in [0.05, 0.1) is 13.2 Å². The molecule has 0 unspecified atom stereocenters. The Morgan fingerprint density at radius 3 is 2.35 bits per heavy atom. The van der Waals surface area contributed by atoms with E-state index in [4.69, 9.17) is 9.47 Å². The molecule has 0 fully saturated rings. The molecule has 0 aliphatic carbocycles. The number of benzene rings is 1. The molecule has 0 N–H and O–H groups in total. The van der Waals surface area contributed by atoms with Gasteiger partial charge in [0.15, 0.2) is 0 Å². The molecule has 2 nitrogen and oxygen atoms in total. The van der Waals surface area contributed by atoms with Gasteiger partial charge in [0.2, 0.25) is 0 Å². The van der Waals surface area contributed by atoms with Crippen LogP contribution in [-0.2, 0) is 14.9 Å². The number of alkyl halides is 2. The molecule has 20 heavy (non-hydrogen) atoms. The summed E-state index contributed by atoms with van der Waals surface area (Å²) >= 11 is 7.41. The van der Waals surface area contributed by atoms with Gasteiger partial charge >= 0.3 is 0 Å². The van der Waals surface area contributed by atoms with Gasteiger partial charge in [-0.1, -0.05) is 56.1 Å². The molecule has 0 spiro atoms. The number of rotatable bonds is 10. The highest BCUT2D eigenvalue weighted by Crippen LogP contribution is 2.35. The van der Waals surface area contributed by atoms with Gasteiger partial charge in [-0.15, -0.1) is 0 Å². The van der Waals surface area contributed by atoms with Crippen molar-refractivity contribution in [1.29, 1.82) is 0 Å². The number of halogens is 2. The highest BCUT2D eigenvalue weighted by molar-refractivity contribution is 9.09. The first kappa shape index (κ1) is 18.1. The Kier molecular flexibility index (Phi) is 9.01. The SMILES string of the molecule is COCCOCCCC(CBr)(CBr)c1ccccc1C. The minimum absolute atomic E-state index is 0.135. The van der Waals surface area contributed by atoms with Crippen LogP contribution in [0, 0.1) is 6.92 Å². The summed E-state index contributed by atoms with van der Waals surface area (Å²) in [6, 6.07) is 8.64. The Morgan fingerprint density at radius 1 is 1.05 bits per heavy atom. The molecule has 0 saturated heterocycles. The molecule has 0 amide bonds. The molecule has 114 valence electrons. The van der Waals surface area contributed by atoms with Crippen LogP contribution in [0.1, 0.15) is 24.0 Å². The number of ether oxygens (including phenoxy) is 2. The quantitative estimate of drug-likeness (QED) is 0.421. The summed E-state index contributed by atoms with van der Waals surface area (Å²) in [5.41, 5.74) is 2.91. The van der Waals surface area contributed by atoms with Crippen LogP contribution in [0.4, 0.5) is 0 Å². The fourth-order valence-electron chi connectivity index (χ4n) is 2.37. The van der Waals surface area contributed by atoms with E-state index in [1.54, 1.807) is 7.11 Å². The molecular formula is C16H24Br2O2. The molecule has 0 aliphatic heterocycles. The smallest absolute Gasteiger partial charge is 0.0700 e. The zero-order valence-corrected chi connectivity index (χ0v) is 15.5. The first-order valence-electron chi connectivity index (χ1n) is 6.95. The maximum absolute atomic E-state index is 5.57. The minimum Gasteiger partial charge on any atom is -0.382 e. The van der Waals surface area contributed by atoms with Crippen molar-refractivity contribution < 1.29 is 9.47 Å². The predicted octanol–water partition coefficient (Wildman–Crippen LogP) is 4.47. The van der Waals surface area contributed by atoms with Crippen molar-refractivity contribution in [1.82, 2.24) is 0 Å². The summed E-state index contributed by atoms with van der Waals surface area (Å²) in [6.07, 6.45) is 2.15. The lowest BCUT2D eigenvalue weighted by Crippen LogP contribution is -2.31. The molecule has 0 heterocycles. The zero-order chi connectivity index (χ0) is 14.8. The number of methoxy groups -OCH3 is 1. The second kappa shape index (κ2) is 9.93. The Morgan fingerprint density at radius 2 is 1.75 bits per heavy atom. The number of aryl methyl sites for hydroxylation is 1. The highest BCUT2D eigenvalue weighted by atomic mass is 79.9. The zero-order valence-electron chi connectivity index (χ0n) is 12.3. The molecule has 4 heteroatoms. The van der Waals surface area contributed by atoms with E-state index in [1.165, 1.54) is 11.1 Å². The first-order chi connectivity index (χ1) is 9.70. The third kappa shape index (κ3) is 5.14. The normalized spacial score (nSPS) is 11.8. The maximum atomic E-state index is 5.57. The highest BCUT2D eigenvalue weighted by Gasteiger charge is 2.30. The molecule has 1 aromatic carbocycles. The van der Waals surface area contributed by atoms with Crippen molar-refractivity contribution in [3.8, 4) is 0 Å². The summed E-state index contributed by atoms with van der Waals surface area (Å²) in [7, 11) is 1.70. The van der Waals surface area contributed by atoms with Crippen molar-refractivity contribution in [3.05, 3.63) is 35.4 Å². The van der Waals surface area contributed by atoms with Crippen molar-refractivity contribution >= 4 is 31.9 Å². The lowest BCUT2D eigenvalue weighted by molar-refractivity contribution is 0.0671. The van der Waals surface area contributed by atoms with Gasteiger partial charge in [0, 0.05) is 29.8 Å². The van der Waals surface area contributed by atoms with E-state index in [0.717, 1.165) is 30.1 Å². The Hall–Kier alpha value is 0.1000. The molecule has 1 aromatic rings. The van der Waals surface area contributed by atoms with E-state index in [-0.39, 0.29) is 5.41 Å². The largest absolute Gasteiger partial charge is 0.382 e. The lowest BCUT2D eigenvalue weighted by atomic mass is 9.78. The molecule has 0 aliphatic rings. The molecule has 0 atom stereocenters. The number of hydrogen-bond acceptors (Lipinski definition) is 2. The fraction of sp³-hybridized carbons (Fsp3) is 0.625. The average Bonchev–Trinajstić information content (AvgIpc) is 2.48. The summed E-state index contributed by atoms with van der Waals surface area (Å²) in [4.78, 5) is 0. The van der Waals surface area contributed by atoms with Gasteiger partial charge in [-0.2, -0.15) is 0 Å². The maximum Gasteiger partial charge on any atom is 0.0700 e. The molecular weight excluding hydrogens is 384 g/mol. The standard InChI is InChI=1S/C16H24Br2O2/c1-14-6-3-4-7-15(14)16(12-17,13-18)8-5-9-20-11-10-19-2/h3-4,6-7H,5,8-13H2,1-2H3. The van der Waals surface area contributed by atoms with E-state index < -0.39 is 0 Å². The van der Waals surface area contributed by atoms with Gasteiger partial charge in [-0.05, 0) is 30.9 Å². The van der Waals surface area contributed by atoms with Crippen LogP contribution >= 0.6 is 31.9 Å². The topological polar surface area (TPSA) is 18.5 Å². The second-order valence-electron chi connectivity index (χ2n) is 5.07. The van der Waals surface area contributed by atoms with E-state index in [2.05, 4.69) is 63.0 Å². The van der Waals surface area contributed by atoms with E-state index >= 15 is 0 Å². The van der Waals surface area contributed by atoms with Gasteiger partial charge in [-0.3, -0.25) is 0 Å². The fourth-order valence-corrected chi connectivity index (χ4v) is 4.47. The molecule has 0 saturated carbocycles. The van der Waals surface area contributed by atoms with Gasteiger partial charge in [-0.25, -0.2) is 0 Å². The molecule has 1 rings (SSSR count). The van der Waals surface area contributed by atoms with Crippen LogP contribution in [0.3, 0.4) is 0 Å². The van der Waals surface area contributed by atoms with Crippen LogP contribution in [0.2, 0.25) is 0 Å². The van der Waals surface area contributed by atoms with Gasteiger partial charge < -0.3 is 9.47 Å². The third-order valence-corrected chi connectivity index (χ3v) is 5.75. The molecule has 0 bridgehead atoms. The summed E-state index contributed by atoms with van der Waals surface area (Å²) < 4.78 is 10.5. The summed E-state index contributed by atoms with van der Waals surface area (Å²) in [5.74, 6) is 0. The summed E-state index contributed by atoms with van der Waals surface area (Å²) in [5, 5.41) is 1.91. The van der Waals surface area contributed by atoms with Gasteiger partial charge in [0.25, 0.3) is 0 Å². The monoisotopic (exact) mass is 406 g/mol. The van der Waals surface area contributed by atoms with E-state index in [0.29, 0.717) is 13.2 Å². The third-order valence-electron chi connectivity index (χ3n) is 3.60. The Labute approximate surface area is 139 Å². The minimum atomic E-state index is 0.135. The van der Waals surface area contributed by atoms with Crippen molar-refractivity contribution in [3.63, 3.8) is 0 Å². The molecule has 0 radical (unpaired) electrons. The van der Waals surface area contributed by atoms with Crippen molar-refractivity contribution in [2.75, 3.05) is 37.6 Å². The lowest BCUT2D eigenvalue weighted by Gasteiger charge is -2.32. The Bertz CT molecular complexity index is 378. The predicted molar refractivity (Wildman–Crippen MR) is 92.4 cm³/mol. The summed E-state index contributed by atoms with van der Waals surface area (Å²) in [6.45, 7) is 4.32. The van der Waals surface area contributed by atoms with Crippen LogP contribution < -0.4 is 0 Å². The first-order valence-corrected chi connectivity index (χ1v) is 9.19. The molecule has 0 aromatic heterocycles. The van der Waals surface area contributed by atoms with Crippen molar-refractivity contribution in [2.24, 2.45) is 0 Å². The Balaban J connectivity index is 2.61. The van der Waals surface area contributed by atoms with E-state index in [9.17, 15) is 0 Å². The van der Waals surface area contributed by atoms with Crippen LogP contribution in [0.15, 0.2) is 24.3 Å². The van der Waals surface area contributed by atoms with Crippen LogP contribution in [-0.4, -0.2) is 37.6 Å². The second-order valence-corrected chi connectivity index (χ2v) is 6.19. The van der Waals surface area contributed by atoms with Crippen LogP contribution in [0.25, 0.3) is 0 Å². The van der Waals surface area contributed by atoms with Gasteiger partial charge in [0.1, 0.15) is 0 Å².